The fourth-order valence-electron chi connectivity index (χ4n) is 3.70. The molecule has 1 amide bonds. The monoisotopic (exact) mass is 375 g/mol. The van der Waals surface area contributed by atoms with Crippen LogP contribution < -0.4 is 5.32 Å². The van der Waals surface area contributed by atoms with Gasteiger partial charge in [-0.05, 0) is 74.3 Å². The SMILES string of the molecule is Cc1cnn(-c2ccc(C(=O)NCC(c3cccnc3)N3CCCC3)cc2)c1. The summed E-state index contributed by atoms with van der Waals surface area (Å²) in [6, 6.07) is 11.7. The normalized spacial score (nSPS) is 15.5. The lowest BCUT2D eigenvalue weighted by Gasteiger charge is -2.28. The van der Waals surface area contributed by atoms with Crippen LogP contribution in [0.25, 0.3) is 5.69 Å². The summed E-state index contributed by atoms with van der Waals surface area (Å²) in [5, 5.41) is 7.41. The van der Waals surface area contributed by atoms with E-state index in [0.29, 0.717) is 12.1 Å². The summed E-state index contributed by atoms with van der Waals surface area (Å²) in [4.78, 5) is 19.4. The number of aryl methyl sites for hydroxylation is 1. The van der Waals surface area contributed by atoms with Crippen LogP contribution in [0, 0.1) is 6.92 Å². The average Bonchev–Trinajstić information content (AvgIpc) is 3.41. The maximum absolute atomic E-state index is 12.7. The van der Waals surface area contributed by atoms with Crippen molar-refractivity contribution in [1.29, 1.82) is 0 Å². The van der Waals surface area contributed by atoms with E-state index in [2.05, 4.69) is 26.4 Å². The van der Waals surface area contributed by atoms with Crippen molar-refractivity contribution in [2.45, 2.75) is 25.8 Å². The van der Waals surface area contributed by atoms with Crippen LogP contribution >= 0.6 is 0 Å². The van der Waals surface area contributed by atoms with E-state index in [9.17, 15) is 4.79 Å². The van der Waals surface area contributed by atoms with Crippen LogP contribution in [0.3, 0.4) is 0 Å². The van der Waals surface area contributed by atoms with Gasteiger partial charge < -0.3 is 5.32 Å². The molecule has 3 aromatic rings. The third-order valence-corrected chi connectivity index (χ3v) is 5.21. The molecule has 1 saturated heterocycles. The molecule has 2 aromatic heterocycles. The smallest absolute Gasteiger partial charge is 0.251 e. The highest BCUT2D eigenvalue weighted by Gasteiger charge is 2.24. The summed E-state index contributed by atoms with van der Waals surface area (Å²) in [5.74, 6) is -0.0590. The average molecular weight is 375 g/mol. The van der Waals surface area contributed by atoms with E-state index in [0.717, 1.165) is 29.9 Å². The molecule has 1 atom stereocenters. The minimum absolute atomic E-state index is 0.0590. The maximum Gasteiger partial charge on any atom is 0.251 e. The number of hydrogen-bond acceptors (Lipinski definition) is 4. The number of aromatic nitrogens is 3. The van der Waals surface area contributed by atoms with Crippen molar-refractivity contribution in [3.8, 4) is 5.69 Å². The number of rotatable bonds is 6. The summed E-state index contributed by atoms with van der Waals surface area (Å²) >= 11 is 0. The van der Waals surface area contributed by atoms with Crippen molar-refractivity contribution in [3.63, 3.8) is 0 Å². The predicted octanol–water partition coefficient (Wildman–Crippen LogP) is 3.14. The van der Waals surface area contributed by atoms with E-state index in [1.165, 1.54) is 12.8 Å². The van der Waals surface area contributed by atoms with Gasteiger partial charge in [-0.2, -0.15) is 5.10 Å². The number of nitrogens with zero attached hydrogens (tertiary/aromatic N) is 4. The van der Waals surface area contributed by atoms with E-state index >= 15 is 0 Å². The summed E-state index contributed by atoms with van der Waals surface area (Å²) < 4.78 is 1.81. The van der Waals surface area contributed by atoms with Crippen LogP contribution in [0.2, 0.25) is 0 Å². The number of pyridine rings is 1. The van der Waals surface area contributed by atoms with Crippen LogP contribution in [0.1, 0.15) is 40.4 Å². The molecule has 1 fully saturated rings. The van der Waals surface area contributed by atoms with Crippen molar-refractivity contribution in [1.82, 2.24) is 25.0 Å². The zero-order chi connectivity index (χ0) is 19.3. The highest BCUT2D eigenvalue weighted by molar-refractivity contribution is 5.94. The molecule has 28 heavy (non-hydrogen) atoms. The Bertz CT molecular complexity index is 914. The molecule has 0 bridgehead atoms. The number of nitrogens with one attached hydrogen (secondary N) is 1. The third kappa shape index (κ3) is 4.12. The standard InChI is InChI=1S/C22H25N5O/c1-17-13-25-27(16-17)20-8-6-18(7-9-20)22(28)24-15-21(26-11-2-3-12-26)19-5-4-10-23-14-19/h4-10,13-14,16,21H,2-3,11-12,15H2,1H3,(H,24,28). The van der Waals surface area contributed by atoms with Gasteiger partial charge in [0.15, 0.2) is 0 Å². The largest absolute Gasteiger partial charge is 0.350 e. The molecule has 4 rings (SSSR count). The Morgan fingerprint density at radius 3 is 2.57 bits per heavy atom. The lowest BCUT2D eigenvalue weighted by Crippen LogP contribution is -2.36. The number of benzene rings is 1. The molecule has 1 aliphatic heterocycles. The van der Waals surface area contributed by atoms with Gasteiger partial charge in [-0.3, -0.25) is 14.7 Å². The Morgan fingerprint density at radius 2 is 1.93 bits per heavy atom. The number of carbonyl (C=O) groups is 1. The van der Waals surface area contributed by atoms with Gasteiger partial charge in [0.25, 0.3) is 5.91 Å². The fourth-order valence-corrected chi connectivity index (χ4v) is 3.70. The van der Waals surface area contributed by atoms with E-state index in [1.807, 2.05) is 60.5 Å². The van der Waals surface area contributed by atoms with Crippen molar-refractivity contribution in [2.24, 2.45) is 0 Å². The zero-order valence-electron chi connectivity index (χ0n) is 16.1. The van der Waals surface area contributed by atoms with Gasteiger partial charge in [-0.15, -0.1) is 0 Å². The van der Waals surface area contributed by atoms with Crippen molar-refractivity contribution >= 4 is 5.91 Å². The zero-order valence-corrected chi connectivity index (χ0v) is 16.1. The molecule has 1 aromatic carbocycles. The Hall–Kier alpha value is -2.99. The number of hydrogen-bond donors (Lipinski definition) is 1. The van der Waals surface area contributed by atoms with Crippen LogP contribution in [0.15, 0.2) is 61.2 Å². The minimum Gasteiger partial charge on any atom is -0.350 e. The molecule has 3 heterocycles. The molecule has 1 aliphatic rings. The Morgan fingerprint density at radius 1 is 1.14 bits per heavy atom. The van der Waals surface area contributed by atoms with Crippen molar-refractivity contribution in [3.05, 3.63) is 77.9 Å². The summed E-state index contributed by atoms with van der Waals surface area (Å²) in [6.07, 6.45) is 9.88. The summed E-state index contributed by atoms with van der Waals surface area (Å²) in [5.41, 5.74) is 3.84. The van der Waals surface area contributed by atoms with Crippen LogP contribution in [0.4, 0.5) is 0 Å². The lowest BCUT2D eigenvalue weighted by atomic mass is 10.1. The second-order valence-corrected chi connectivity index (χ2v) is 7.26. The molecule has 6 heteroatoms. The quantitative estimate of drug-likeness (QED) is 0.719. The van der Waals surface area contributed by atoms with E-state index in [1.54, 1.807) is 6.20 Å². The van der Waals surface area contributed by atoms with Crippen LogP contribution in [-0.2, 0) is 0 Å². The summed E-state index contributed by atoms with van der Waals surface area (Å²) in [7, 11) is 0. The second kappa shape index (κ2) is 8.35. The topological polar surface area (TPSA) is 63.1 Å². The molecule has 0 spiro atoms. The predicted molar refractivity (Wildman–Crippen MR) is 108 cm³/mol. The molecule has 0 radical (unpaired) electrons. The van der Waals surface area contributed by atoms with Crippen molar-refractivity contribution < 1.29 is 4.79 Å². The lowest BCUT2D eigenvalue weighted by molar-refractivity contribution is 0.0938. The van der Waals surface area contributed by atoms with Gasteiger partial charge in [0.2, 0.25) is 0 Å². The Balaban J connectivity index is 1.43. The van der Waals surface area contributed by atoms with Gasteiger partial charge in [0.05, 0.1) is 17.9 Å². The molecule has 1 N–H and O–H groups in total. The highest BCUT2D eigenvalue weighted by Crippen LogP contribution is 2.24. The number of carbonyl (C=O) groups excluding carboxylic acids is 1. The first-order valence-corrected chi connectivity index (χ1v) is 9.74. The van der Waals surface area contributed by atoms with E-state index in [-0.39, 0.29) is 11.9 Å². The Labute approximate surface area is 165 Å². The first kappa shape index (κ1) is 18.4. The maximum atomic E-state index is 12.7. The van der Waals surface area contributed by atoms with Gasteiger partial charge in [0, 0.05) is 30.7 Å². The molecular formula is C22H25N5O. The van der Waals surface area contributed by atoms with Crippen LogP contribution in [-0.4, -0.2) is 45.2 Å². The number of likely N-dealkylation sites (tertiary alicyclic amines) is 1. The molecular weight excluding hydrogens is 350 g/mol. The Kier molecular flexibility index (Phi) is 5.48. The third-order valence-electron chi connectivity index (χ3n) is 5.21. The van der Waals surface area contributed by atoms with E-state index in [4.69, 9.17) is 0 Å². The first-order valence-electron chi connectivity index (χ1n) is 9.74. The van der Waals surface area contributed by atoms with Gasteiger partial charge >= 0.3 is 0 Å². The van der Waals surface area contributed by atoms with Gasteiger partial charge in [0.1, 0.15) is 0 Å². The molecule has 1 unspecified atom stereocenters. The van der Waals surface area contributed by atoms with Crippen molar-refractivity contribution in [2.75, 3.05) is 19.6 Å². The van der Waals surface area contributed by atoms with Gasteiger partial charge in [-0.1, -0.05) is 6.07 Å². The van der Waals surface area contributed by atoms with Gasteiger partial charge in [-0.25, -0.2) is 4.68 Å². The summed E-state index contributed by atoms with van der Waals surface area (Å²) in [6.45, 7) is 4.70. The second-order valence-electron chi connectivity index (χ2n) is 7.26. The van der Waals surface area contributed by atoms with Crippen LogP contribution in [0.5, 0.6) is 0 Å². The molecule has 0 aliphatic carbocycles. The molecule has 144 valence electrons. The molecule has 6 nitrogen and oxygen atoms in total. The first-order chi connectivity index (χ1) is 13.7. The van der Waals surface area contributed by atoms with E-state index < -0.39 is 0 Å². The minimum atomic E-state index is -0.0590. The molecule has 0 saturated carbocycles. The number of amides is 1. The fraction of sp³-hybridized carbons (Fsp3) is 0.318. The highest BCUT2D eigenvalue weighted by atomic mass is 16.1.